The molecule has 1 amide bonds. The normalized spacial score (nSPS) is 19.0. The second-order valence-electron chi connectivity index (χ2n) is 7.12. The molecule has 0 radical (unpaired) electrons. The molecule has 6 heteroatoms. The van der Waals surface area contributed by atoms with Crippen molar-refractivity contribution in [2.24, 2.45) is 0 Å². The smallest absolute Gasteiger partial charge is 0.267 e. The zero-order valence-electron chi connectivity index (χ0n) is 15.7. The summed E-state index contributed by atoms with van der Waals surface area (Å²) in [4.78, 5) is 22.0. The van der Waals surface area contributed by atoms with Gasteiger partial charge < -0.3 is 15.7 Å². The minimum absolute atomic E-state index is 0.318. The number of aryl methyl sites for hydroxylation is 1. The van der Waals surface area contributed by atoms with Crippen LogP contribution in [0.25, 0.3) is 22.0 Å². The number of fused-ring (bicyclic) bond motifs is 1. The van der Waals surface area contributed by atoms with Crippen molar-refractivity contribution in [3.63, 3.8) is 0 Å². The molecule has 140 valence electrons. The van der Waals surface area contributed by atoms with E-state index >= 15 is 0 Å². The first-order valence-electron chi connectivity index (χ1n) is 9.00. The third-order valence-electron chi connectivity index (χ3n) is 5.08. The van der Waals surface area contributed by atoms with E-state index in [4.69, 9.17) is 5.73 Å². The van der Waals surface area contributed by atoms with Gasteiger partial charge in [-0.25, -0.2) is 9.97 Å². The van der Waals surface area contributed by atoms with Crippen LogP contribution in [0.3, 0.4) is 0 Å². The van der Waals surface area contributed by atoms with Crippen molar-refractivity contribution in [1.29, 1.82) is 0 Å². The number of likely N-dealkylation sites (tertiary alicyclic amines) is 1. The lowest BCUT2D eigenvalue weighted by atomic mass is 9.98. The fraction of sp³-hybridized carbons (Fsp3) is 0.227. The molecule has 2 heterocycles. The highest BCUT2D eigenvalue weighted by molar-refractivity contribution is 5.94. The second-order valence-corrected chi connectivity index (χ2v) is 7.12. The number of amides is 1. The van der Waals surface area contributed by atoms with E-state index < -0.39 is 5.60 Å². The number of rotatable bonds is 1. The summed E-state index contributed by atoms with van der Waals surface area (Å²) >= 11 is 0. The quantitative estimate of drug-likeness (QED) is 0.639. The van der Waals surface area contributed by atoms with E-state index in [2.05, 4.69) is 21.8 Å². The Labute approximate surface area is 163 Å². The highest BCUT2D eigenvalue weighted by atomic mass is 16.3. The van der Waals surface area contributed by atoms with Gasteiger partial charge in [-0.15, -0.1) is 0 Å². The molecule has 0 spiro atoms. The Morgan fingerprint density at radius 1 is 1.21 bits per heavy atom. The second kappa shape index (κ2) is 6.63. The Morgan fingerprint density at radius 3 is 2.79 bits per heavy atom. The molecule has 0 aliphatic carbocycles. The largest absolute Gasteiger partial charge is 0.383 e. The molecule has 4 rings (SSSR count). The average Bonchev–Trinajstić information content (AvgIpc) is 2.95. The number of benzene rings is 2. The van der Waals surface area contributed by atoms with Gasteiger partial charge in [0.1, 0.15) is 12.1 Å². The van der Waals surface area contributed by atoms with Crippen LogP contribution in [0.1, 0.15) is 17.5 Å². The van der Waals surface area contributed by atoms with Gasteiger partial charge in [0.2, 0.25) is 5.60 Å². The van der Waals surface area contributed by atoms with E-state index in [0.717, 1.165) is 33.2 Å². The van der Waals surface area contributed by atoms with Gasteiger partial charge in [0.25, 0.3) is 5.91 Å². The summed E-state index contributed by atoms with van der Waals surface area (Å²) < 4.78 is 0. The maximum absolute atomic E-state index is 12.1. The number of hydrogen-bond acceptors (Lipinski definition) is 5. The number of carbonyl (C=O) groups is 1. The van der Waals surface area contributed by atoms with Crippen molar-refractivity contribution in [3.05, 3.63) is 53.9 Å². The zero-order chi connectivity index (χ0) is 19.9. The summed E-state index contributed by atoms with van der Waals surface area (Å²) in [7, 11) is 1.67. The molecular weight excluding hydrogens is 352 g/mol. The third kappa shape index (κ3) is 3.06. The summed E-state index contributed by atoms with van der Waals surface area (Å²) in [6.07, 6.45) is 1.78. The van der Waals surface area contributed by atoms with Crippen LogP contribution in [0.15, 0.2) is 42.7 Å². The molecule has 6 nitrogen and oxygen atoms in total. The lowest BCUT2D eigenvalue weighted by Gasteiger charge is -2.13. The fourth-order valence-electron chi connectivity index (χ4n) is 3.45. The highest BCUT2D eigenvalue weighted by Crippen LogP contribution is 2.29. The Balaban J connectivity index is 1.73. The van der Waals surface area contributed by atoms with Gasteiger partial charge in [-0.1, -0.05) is 24.0 Å². The van der Waals surface area contributed by atoms with Gasteiger partial charge in [0.15, 0.2) is 0 Å². The predicted octanol–water partition coefficient (Wildman–Crippen LogP) is 2.13. The van der Waals surface area contributed by atoms with Gasteiger partial charge in [-0.2, -0.15) is 0 Å². The van der Waals surface area contributed by atoms with Crippen molar-refractivity contribution >= 4 is 22.6 Å². The van der Waals surface area contributed by atoms with Gasteiger partial charge in [0.05, 0.1) is 5.52 Å². The van der Waals surface area contributed by atoms with Gasteiger partial charge in [0, 0.05) is 31.0 Å². The van der Waals surface area contributed by atoms with Gasteiger partial charge in [-0.05, 0) is 47.9 Å². The van der Waals surface area contributed by atoms with Crippen LogP contribution in [0.2, 0.25) is 0 Å². The van der Waals surface area contributed by atoms with E-state index in [9.17, 15) is 9.90 Å². The number of carbonyl (C=O) groups excluding carboxylic acids is 1. The van der Waals surface area contributed by atoms with Crippen molar-refractivity contribution in [3.8, 4) is 23.0 Å². The first-order valence-corrected chi connectivity index (χ1v) is 9.00. The SMILES string of the molecule is Cc1cc(-c2cccc(C#CC3(O)CCN(C)C3=O)c2)cc2c(N)ncnc12. The number of aliphatic hydroxyl groups is 1. The minimum Gasteiger partial charge on any atom is -0.383 e. The van der Waals surface area contributed by atoms with Crippen molar-refractivity contribution in [2.75, 3.05) is 19.3 Å². The summed E-state index contributed by atoms with van der Waals surface area (Å²) in [5.41, 5.74) is 8.92. The molecule has 3 aromatic rings. The number of nitrogen functional groups attached to an aromatic ring is 1. The lowest BCUT2D eigenvalue weighted by molar-refractivity contribution is -0.137. The van der Waals surface area contributed by atoms with E-state index in [1.54, 1.807) is 7.05 Å². The van der Waals surface area contributed by atoms with E-state index in [1.165, 1.54) is 11.2 Å². The van der Waals surface area contributed by atoms with Crippen molar-refractivity contribution in [2.45, 2.75) is 18.9 Å². The average molecular weight is 372 g/mol. The van der Waals surface area contributed by atoms with Crippen LogP contribution in [0, 0.1) is 18.8 Å². The van der Waals surface area contributed by atoms with E-state index in [-0.39, 0.29) is 5.91 Å². The topological polar surface area (TPSA) is 92.3 Å². The highest BCUT2D eigenvalue weighted by Gasteiger charge is 2.42. The summed E-state index contributed by atoms with van der Waals surface area (Å²) in [6, 6.07) is 11.7. The van der Waals surface area contributed by atoms with Crippen LogP contribution in [0.4, 0.5) is 5.82 Å². The fourth-order valence-corrected chi connectivity index (χ4v) is 3.45. The Hall–Kier alpha value is -3.43. The Bertz CT molecular complexity index is 1160. The van der Waals surface area contributed by atoms with Gasteiger partial charge >= 0.3 is 0 Å². The van der Waals surface area contributed by atoms with Crippen LogP contribution >= 0.6 is 0 Å². The van der Waals surface area contributed by atoms with Crippen molar-refractivity contribution < 1.29 is 9.90 Å². The molecule has 28 heavy (non-hydrogen) atoms. The van der Waals surface area contributed by atoms with Crippen LogP contribution in [0.5, 0.6) is 0 Å². The molecule has 1 atom stereocenters. The molecular formula is C22H20N4O2. The van der Waals surface area contributed by atoms with E-state index in [1.807, 2.05) is 43.3 Å². The molecule has 1 fully saturated rings. The molecule has 1 aromatic heterocycles. The number of nitrogens with zero attached hydrogens (tertiary/aromatic N) is 3. The summed E-state index contributed by atoms with van der Waals surface area (Å²) in [5.74, 6) is 5.80. The number of hydrogen-bond donors (Lipinski definition) is 2. The lowest BCUT2D eigenvalue weighted by Crippen LogP contribution is -2.37. The molecule has 1 aliphatic rings. The van der Waals surface area contributed by atoms with Crippen LogP contribution < -0.4 is 5.73 Å². The standard InChI is InChI=1S/C22H20N4O2/c1-14-10-17(12-18-19(14)24-13-25-20(18)23)16-5-3-4-15(11-16)6-7-22(28)8-9-26(2)21(22)27/h3-5,10-13,28H,8-9H2,1-2H3,(H2,23,24,25). The van der Waals surface area contributed by atoms with Crippen molar-refractivity contribution in [1.82, 2.24) is 14.9 Å². The molecule has 0 bridgehead atoms. The molecule has 1 saturated heterocycles. The maximum Gasteiger partial charge on any atom is 0.267 e. The molecule has 3 N–H and O–H groups in total. The summed E-state index contributed by atoms with van der Waals surface area (Å²) in [6.45, 7) is 2.49. The molecule has 2 aromatic carbocycles. The first-order chi connectivity index (χ1) is 13.4. The first kappa shape index (κ1) is 18.0. The summed E-state index contributed by atoms with van der Waals surface area (Å²) in [5, 5.41) is 11.3. The number of aromatic nitrogens is 2. The monoisotopic (exact) mass is 372 g/mol. The third-order valence-corrected chi connectivity index (χ3v) is 5.08. The Morgan fingerprint density at radius 2 is 2.04 bits per heavy atom. The van der Waals surface area contributed by atoms with Crippen LogP contribution in [-0.4, -0.2) is 45.1 Å². The van der Waals surface area contributed by atoms with Gasteiger partial charge in [-0.3, -0.25) is 4.79 Å². The molecule has 1 aliphatic heterocycles. The van der Waals surface area contributed by atoms with E-state index in [0.29, 0.717) is 18.8 Å². The van der Waals surface area contributed by atoms with Crippen LogP contribution in [-0.2, 0) is 4.79 Å². The Kier molecular flexibility index (Phi) is 4.25. The minimum atomic E-state index is -1.60. The molecule has 0 saturated carbocycles. The number of anilines is 1. The predicted molar refractivity (Wildman–Crippen MR) is 108 cm³/mol. The maximum atomic E-state index is 12.1. The zero-order valence-corrected chi connectivity index (χ0v) is 15.7. The number of nitrogens with two attached hydrogens (primary N) is 1. The molecule has 1 unspecified atom stereocenters. The number of likely N-dealkylation sites (N-methyl/N-ethyl adjacent to an activating group) is 1.